The van der Waals surface area contributed by atoms with Crippen molar-refractivity contribution in [1.29, 1.82) is 0 Å². The number of hydrogen-bond donors (Lipinski definition) is 2. The average molecular weight is 466 g/mol. The number of pyridine rings is 1. The fourth-order valence-electron chi connectivity index (χ4n) is 3.82. The smallest absolute Gasteiger partial charge is 0.278 e. The summed E-state index contributed by atoms with van der Waals surface area (Å²) in [5, 5.41) is 13.9. The first-order valence-electron chi connectivity index (χ1n) is 9.82. The van der Waals surface area contributed by atoms with E-state index in [0.29, 0.717) is 12.1 Å². The zero-order valence-electron chi connectivity index (χ0n) is 17.2. The van der Waals surface area contributed by atoms with Gasteiger partial charge >= 0.3 is 0 Å². The number of nitrogens with zero attached hydrogens (tertiary/aromatic N) is 3. The van der Waals surface area contributed by atoms with Gasteiger partial charge in [-0.05, 0) is 6.92 Å². The van der Waals surface area contributed by atoms with Crippen molar-refractivity contribution in [2.45, 2.75) is 32.1 Å². The fraction of sp³-hybridized carbons (Fsp3) is 0.286. The molecule has 8 nitrogen and oxygen atoms in total. The van der Waals surface area contributed by atoms with Crippen molar-refractivity contribution in [2.75, 3.05) is 11.7 Å². The number of hydrogen-bond acceptors (Lipinski definition) is 5. The van der Waals surface area contributed by atoms with Gasteiger partial charge in [0.2, 0.25) is 5.43 Å². The van der Waals surface area contributed by atoms with Gasteiger partial charge in [-0.2, -0.15) is 0 Å². The number of fused-ring (bicyclic) bond motifs is 4. The summed E-state index contributed by atoms with van der Waals surface area (Å²) < 4.78 is 56.3. The molecule has 174 valence electrons. The van der Waals surface area contributed by atoms with Crippen LogP contribution in [0.25, 0.3) is 0 Å². The molecule has 0 aliphatic carbocycles. The molecule has 2 amide bonds. The number of halogens is 4. The number of nitrogens with one attached hydrogen (secondary N) is 1. The third kappa shape index (κ3) is 3.60. The van der Waals surface area contributed by atoms with Crippen LogP contribution in [-0.2, 0) is 6.54 Å². The minimum absolute atomic E-state index is 0.137. The van der Waals surface area contributed by atoms with Gasteiger partial charge in [0.15, 0.2) is 11.4 Å². The second-order valence-corrected chi connectivity index (χ2v) is 7.79. The standard InChI is InChI=1S/C21H18F4N4O4/c1-9-3-14(23)10(2)27-8-29(9)28-7-13(18(30)19(31)17(28)21(27)33)20(32)26-6-12-15(24)4-11(22)5-16(12)25/h4-5,7,10,14,31H,1,3,6,8H2,2H3,(H,26,32)/t10-,14-/m0/s1. The van der Waals surface area contributed by atoms with Crippen LogP contribution in [0, 0.1) is 17.5 Å². The summed E-state index contributed by atoms with van der Waals surface area (Å²) in [5.41, 5.74) is -2.72. The summed E-state index contributed by atoms with van der Waals surface area (Å²) in [6, 6.07) is 0.0167. The molecule has 2 aliphatic heterocycles. The molecule has 0 radical (unpaired) electrons. The molecule has 1 aromatic carbocycles. The number of aromatic hydroxyl groups is 1. The van der Waals surface area contributed by atoms with E-state index in [2.05, 4.69) is 11.9 Å². The van der Waals surface area contributed by atoms with Crippen molar-refractivity contribution < 1.29 is 32.3 Å². The number of carbonyl (C=O) groups is 2. The fourth-order valence-corrected chi connectivity index (χ4v) is 3.82. The first kappa shape index (κ1) is 22.4. The van der Waals surface area contributed by atoms with E-state index in [-0.39, 0.29) is 18.8 Å². The Morgan fingerprint density at radius 3 is 2.52 bits per heavy atom. The van der Waals surface area contributed by atoms with Crippen LogP contribution in [-0.4, -0.2) is 45.4 Å². The molecule has 33 heavy (non-hydrogen) atoms. The third-order valence-corrected chi connectivity index (χ3v) is 5.76. The SMILES string of the molecule is C=C1C[C@H](F)[C@H](C)N2CN1n1cc(C(=O)NCc3c(F)cc(F)cc3F)c(=O)c(O)c1C2=O. The lowest BCUT2D eigenvalue weighted by Crippen LogP contribution is -2.55. The van der Waals surface area contributed by atoms with Gasteiger partial charge < -0.3 is 15.3 Å². The van der Waals surface area contributed by atoms with E-state index in [4.69, 9.17) is 0 Å². The minimum Gasteiger partial charge on any atom is -0.502 e. The Morgan fingerprint density at radius 1 is 1.24 bits per heavy atom. The maximum Gasteiger partial charge on any atom is 0.278 e. The van der Waals surface area contributed by atoms with Gasteiger partial charge in [-0.3, -0.25) is 19.4 Å². The van der Waals surface area contributed by atoms with Crippen molar-refractivity contribution in [3.8, 4) is 5.75 Å². The molecule has 1 aromatic heterocycles. The van der Waals surface area contributed by atoms with Gasteiger partial charge in [-0.1, -0.05) is 6.58 Å². The normalized spacial score (nSPS) is 19.9. The number of alkyl halides is 1. The van der Waals surface area contributed by atoms with Crippen LogP contribution in [0.5, 0.6) is 5.75 Å². The molecule has 0 unspecified atom stereocenters. The van der Waals surface area contributed by atoms with Crippen molar-refractivity contribution >= 4 is 11.8 Å². The first-order valence-corrected chi connectivity index (χ1v) is 9.82. The molecule has 1 fully saturated rings. The van der Waals surface area contributed by atoms with E-state index in [1.165, 1.54) is 11.9 Å². The van der Waals surface area contributed by atoms with E-state index < -0.39 is 76.0 Å². The van der Waals surface area contributed by atoms with Gasteiger partial charge in [0.25, 0.3) is 11.8 Å². The Balaban J connectivity index is 1.72. The number of allylic oxidation sites excluding steroid dienone is 1. The van der Waals surface area contributed by atoms with Crippen LogP contribution in [0.2, 0.25) is 0 Å². The van der Waals surface area contributed by atoms with E-state index >= 15 is 0 Å². The minimum atomic E-state index is -1.45. The van der Waals surface area contributed by atoms with Crippen LogP contribution in [0.1, 0.15) is 39.8 Å². The van der Waals surface area contributed by atoms with Gasteiger partial charge in [0, 0.05) is 42.6 Å². The zero-order valence-corrected chi connectivity index (χ0v) is 17.2. The Hall–Kier alpha value is -3.83. The molecule has 0 spiro atoms. The summed E-state index contributed by atoms with van der Waals surface area (Å²) in [5.74, 6) is -6.58. The summed E-state index contributed by atoms with van der Waals surface area (Å²) in [4.78, 5) is 39.3. The molecule has 2 bridgehead atoms. The summed E-state index contributed by atoms with van der Waals surface area (Å²) in [6.45, 7) is 4.41. The predicted molar refractivity (Wildman–Crippen MR) is 107 cm³/mol. The highest BCUT2D eigenvalue weighted by Gasteiger charge is 2.42. The number of amides is 2. The predicted octanol–water partition coefficient (Wildman–Crippen LogP) is 1.90. The van der Waals surface area contributed by atoms with E-state index in [0.717, 1.165) is 15.8 Å². The molecule has 1 saturated heterocycles. The highest BCUT2D eigenvalue weighted by atomic mass is 19.1. The summed E-state index contributed by atoms with van der Waals surface area (Å²) >= 11 is 0. The summed E-state index contributed by atoms with van der Waals surface area (Å²) in [6.07, 6.45) is -0.617. The highest BCUT2D eigenvalue weighted by Crippen LogP contribution is 2.31. The van der Waals surface area contributed by atoms with Crippen LogP contribution in [0.4, 0.5) is 17.6 Å². The van der Waals surface area contributed by atoms with Gasteiger partial charge in [0.1, 0.15) is 35.9 Å². The van der Waals surface area contributed by atoms with Crippen molar-refractivity contribution in [1.82, 2.24) is 14.9 Å². The van der Waals surface area contributed by atoms with Crippen LogP contribution in [0.3, 0.4) is 0 Å². The Kier molecular flexibility index (Phi) is 5.38. The van der Waals surface area contributed by atoms with Crippen LogP contribution >= 0.6 is 0 Å². The molecule has 2 aromatic rings. The van der Waals surface area contributed by atoms with Crippen molar-refractivity contribution in [3.05, 3.63) is 75.1 Å². The van der Waals surface area contributed by atoms with Crippen molar-refractivity contribution in [2.24, 2.45) is 0 Å². The molecule has 2 aliphatic rings. The van der Waals surface area contributed by atoms with E-state index in [9.17, 15) is 37.1 Å². The van der Waals surface area contributed by atoms with Crippen LogP contribution < -0.4 is 15.8 Å². The zero-order chi connectivity index (χ0) is 24.2. The van der Waals surface area contributed by atoms with Crippen LogP contribution in [0.15, 0.2) is 35.4 Å². The maximum atomic E-state index is 14.5. The monoisotopic (exact) mass is 466 g/mol. The number of aromatic nitrogens is 1. The lowest BCUT2D eigenvalue weighted by atomic mass is 10.1. The first-order chi connectivity index (χ1) is 15.5. The lowest BCUT2D eigenvalue weighted by molar-refractivity contribution is 0.0554. The third-order valence-electron chi connectivity index (χ3n) is 5.76. The lowest BCUT2D eigenvalue weighted by Gasteiger charge is -2.40. The Morgan fingerprint density at radius 2 is 1.88 bits per heavy atom. The number of carbonyl (C=O) groups excluding carboxylic acids is 2. The number of rotatable bonds is 3. The average Bonchev–Trinajstić information content (AvgIpc) is 2.83. The topological polar surface area (TPSA) is 94.9 Å². The summed E-state index contributed by atoms with van der Waals surface area (Å²) in [7, 11) is 0. The van der Waals surface area contributed by atoms with E-state index in [1.807, 2.05) is 0 Å². The second kappa shape index (κ2) is 7.94. The molecular weight excluding hydrogens is 448 g/mol. The Labute approximate surface area is 184 Å². The number of benzene rings is 1. The highest BCUT2D eigenvalue weighted by molar-refractivity contribution is 5.99. The van der Waals surface area contributed by atoms with Crippen molar-refractivity contribution in [3.63, 3.8) is 0 Å². The maximum absolute atomic E-state index is 14.5. The quantitative estimate of drug-likeness (QED) is 0.674. The largest absolute Gasteiger partial charge is 0.502 e. The Bertz CT molecular complexity index is 1240. The van der Waals surface area contributed by atoms with E-state index in [1.54, 1.807) is 0 Å². The second-order valence-electron chi connectivity index (χ2n) is 7.79. The molecule has 4 rings (SSSR count). The van der Waals surface area contributed by atoms with Gasteiger partial charge in [-0.25, -0.2) is 22.2 Å². The molecule has 2 N–H and O–H groups in total. The molecular formula is C21H18F4N4O4. The van der Waals surface area contributed by atoms with Gasteiger partial charge in [-0.15, -0.1) is 0 Å². The molecule has 12 heteroatoms. The molecule has 2 atom stereocenters. The van der Waals surface area contributed by atoms with Gasteiger partial charge in [0.05, 0.1) is 6.04 Å². The molecule has 0 saturated carbocycles. The molecule has 3 heterocycles.